The topological polar surface area (TPSA) is 59.1 Å². The van der Waals surface area contributed by atoms with Crippen LogP contribution in [0.5, 0.6) is 0 Å². The number of nitrogens with one attached hydrogen (secondary N) is 2. The second kappa shape index (κ2) is 5.60. The summed E-state index contributed by atoms with van der Waals surface area (Å²) in [6.07, 6.45) is -3.81. The van der Waals surface area contributed by atoms with E-state index in [1.165, 1.54) is 6.07 Å². The van der Waals surface area contributed by atoms with Gasteiger partial charge in [0.15, 0.2) is 0 Å². The van der Waals surface area contributed by atoms with Crippen molar-refractivity contribution < 1.29 is 17.9 Å². The maximum absolute atomic E-state index is 12.7. The van der Waals surface area contributed by atoms with Crippen molar-refractivity contribution >= 4 is 11.6 Å². The molecule has 19 heavy (non-hydrogen) atoms. The molecule has 0 spiro atoms. The highest BCUT2D eigenvalue weighted by molar-refractivity contribution is 5.48. The molecule has 8 heteroatoms. The third-order valence-corrected chi connectivity index (χ3v) is 2.62. The lowest BCUT2D eigenvalue weighted by Gasteiger charge is -2.14. The summed E-state index contributed by atoms with van der Waals surface area (Å²) in [6, 6.07) is 1.46. The first kappa shape index (κ1) is 13.9. The fourth-order valence-corrected chi connectivity index (χ4v) is 1.78. The van der Waals surface area contributed by atoms with Gasteiger partial charge in [0.25, 0.3) is 0 Å². The first-order valence-corrected chi connectivity index (χ1v) is 6.03. The third-order valence-electron chi connectivity index (χ3n) is 2.62. The Hall–Kier alpha value is -1.57. The van der Waals surface area contributed by atoms with E-state index in [0.717, 1.165) is 6.42 Å². The van der Waals surface area contributed by atoms with Crippen molar-refractivity contribution in [2.45, 2.75) is 25.6 Å². The molecule has 0 saturated carbocycles. The van der Waals surface area contributed by atoms with Crippen LogP contribution in [0.4, 0.5) is 24.8 Å². The van der Waals surface area contributed by atoms with Crippen LogP contribution in [0.25, 0.3) is 0 Å². The third kappa shape index (κ3) is 3.69. The molecule has 1 atom stereocenters. The summed E-state index contributed by atoms with van der Waals surface area (Å²) in [6.45, 7) is 3.35. The number of hydrogen-bond donors (Lipinski definition) is 2. The van der Waals surface area contributed by atoms with Crippen LogP contribution in [-0.2, 0) is 10.9 Å². The van der Waals surface area contributed by atoms with Gasteiger partial charge in [-0.15, -0.1) is 0 Å². The summed E-state index contributed by atoms with van der Waals surface area (Å²) < 4.78 is 43.3. The van der Waals surface area contributed by atoms with Crippen molar-refractivity contribution in [1.29, 1.82) is 0 Å². The minimum atomic E-state index is -4.56. The van der Waals surface area contributed by atoms with E-state index < -0.39 is 12.0 Å². The largest absolute Gasteiger partial charge is 0.451 e. The molecule has 1 aliphatic rings. The van der Waals surface area contributed by atoms with Gasteiger partial charge in [0.2, 0.25) is 5.82 Å². The highest BCUT2D eigenvalue weighted by atomic mass is 19.4. The molecule has 1 unspecified atom stereocenters. The Balaban J connectivity index is 2.22. The summed E-state index contributed by atoms with van der Waals surface area (Å²) in [7, 11) is 0. The summed E-state index contributed by atoms with van der Waals surface area (Å²) >= 11 is 0. The quantitative estimate of drug-likeness (QED) is 0.882. The normalized spacial score (nSPS) is 19.5. The van der Waals surface area contributed by atoms with Crippen LogP contribution in [0.3, 0.4) is 0 Å². The minimum Gasteiger partial charge on any atom is -0.379 e. The van der Waals surface area contributed by atoms with Crippen LogP contribution >= 0.6 is 0 Å². The molecule has 1 fully saturated rings. The van der Waals surface area contributed by atoms with Crippen LogP contribution in [0, 0.1) is 0 Å². The lowest BCUT2D eigenvalue weighted by Crippen LogP contribution is -2.22. The lowest BCUT2D eigenvalue weighted by molar-refractivity contribution is -0.144. The van der Waals surface area contributed by atoms with Gasteiger partial charge in [0.1, 0.15) is 11.6 Å². The van der Waals surface area contributed by atoms with E-state index in [1.54, 1.807) is 6.92 Å². The summed E-state index contributed by atoms with van der Waals surface area (Å²) in [5, 5.41) is 5.70. The zero-order valence-electron chi connectivity index (χ0n) is 10.4. The average Bonchev–Trinajstić information content (AvgIpc) is 2.81. The summed E-state index contributed by atoms with van der Waals surface area (Å²) in [4.78, 5) is 6.96. The van der Waals surface area contributed by atoms with Gasteiger partial charge in [-0.1, -0.05) is 0 Å². The number of anilines is 2. The zero-order chi connectivity index (χ0) is 13.9. The number of rotatable bonds is 4. The molecule has 5 nitrogen and oxygen atoms in total. The van der Waals surface area contributed by atoms with Crippen molar-refractivity contribution in [3.63, 3.8) is 0 Å². The van der Waals surface area contributed by atoms with Crippen molar-refractivity contribution in [2.75, 3.05) is 30.4 Å². The molecule has 2 heterocycles. The van der Waals surface area contributed by atoms with Gasteiger partial charge in [-0.2, -0.15) is 13.2 Å². The molecule has 1 aliphatic heterocycles. The van der Waals surface area contributed by atoms with Gasteiger partial charge in [-0.3, -0.25) is 0 Å². The number of ether oxygens (including phenoxy) is 1. The highest BCUT2D eigenvalue weighted by Gasteiger charge is 2.35. The van der Waals surface area contributed by atoms with E-state index in [1.807, 2.05) is 0 Å². The number of alkyl halides is 3. The van der Waals surface area contributed by atoms with E-state index in [-0.39, 0.29) is 17.7 Å². The monoisotopic (exact) mass is 276 g/mol. The Labute approximate surface area is 108 Å². The van der Waals surface area contributed by atoms with Crippen molar-refractivity contribution in [2.24, 2.45) is 0 Å². The molecule has 0 amide bonds. The van der Waals surface area contributed by atoms with Crippen LogP contribution in [-0.4, -0.2) is 35.8 Å². The standard InChI is InChI=1S/C11H15F3N4O/c1-2-15-8-5-9(16-7-3-4-19-6-7)18-10(17-8)11(12,13)14/h5,7H,2-4,6H2,1H3,(H2,15,16,17,18). The summed E-state index contributed by atoms with van der Waals surface area (Å²) in [5.41, 5.74) is 0. The van der Waals surface area contributed by atoms with E-state index in [9.17, 15) is 13.2 Å². The summed E-state index contributed by atoms with van der Waals surface area (Å²) in [5.74, 6) is -0.826. The Kier molecular flexibility index (Phi) is 4.08. The van der Waals surface area contributed by atoms with Gasteiger partial charge < -0.3 is 15.4 Å². The van der Waals surface area contributed by atoms with E-state index in [2.05, 4.69) is 20.6 Å². The Bertz CT molecular complexity index is 432. The molecule has 0 radical (unpaired) electrons. The Morgan fingerprint density at radius 2 is 2.11 bits per heavy atom. The van der Waals surface area contributed by atoms with Crippen molar-refractivity contribution in [3.8, 4) is 0 Å². The second-order valence-corrected chi connectivity index (χ2v) is 4.19. The molecule has 106 valence electrons. The fourth-order valence-electron chi connectivity index (χ4n) is 1.78. The SMILES string of the molecule is CCNc1cc(NC2CCOC2)nc(C(F)(F)F)n1. The van der Waals surface area contributed by atoms with Gasteiger partial charge in [0, 0.05) is 19.2 Å². The molecule has 1 aromatic heterocycles. The molecule has 1 aromatic rings. The van der Waals surface area contributed by atoms with E-state index in [4.69, 9.17) is 4.74 Å². The van der Waals surface area contributed by atoms with E-state index in [0.29, 0.717) is 19.8 Å². The smallest absolute Gasteiger partial charge is 0.379 e. The fraction of sp³-hybridized carbons (Fsp3) is 0.636. The number of aromatic nitrogens is 2. The molecule has 1 saturated heterocycles. The minimum absolute atomic E-state index is 0.00883. The maximum Gasteiger partial charge on any atom is 0.451 e. The first-order chi connectivity index (χ1) is 8.99. The molecule has 0 bridgehead atoms. The molecule has 2 N–H and O–H groups in total. The number of halogens is 3. The lowest BCUT2D eigenvalue weighted by atomic mass is 10.2. The predicted molar refractivity (Wildman–Crippen MR) is 64.0 cm³/mol. The highest BCUT2D eigenvalue weighted by Crippen LogP contribution is 2.28. The van der Waals surface area contributed by atoms with Crippen LogP contribution in [0.1, 0.15) is 19.2 Å². The molecule has 0 aromatic carbocycles. The average molecular weight is 276 g/mol. The molecule has 2 rings (SSSR count). The molecular weight excluding hydrogens is 261 g/mol. The van der Waals surface area contributed by atoms with Crippen molar-refractivity contribution in [1.82, 2.24) is 9.97 Å². The van der Waals surface area contributed by atoms with Gasteiger partial charge >= 0.3 is 6.18 Å². The van der Waals surface area contributed by atoms with Gasteiger partial charge in [0.05, 0.1) is 12.6 Å². The van der Waals surface area contributed by atoms with E-state index >= 15 is 0 Å². The maximum atomic E-state index is 12.7. The number of nitrogens with zero attached hydrogens (tertiary/aromatic N) is 2. The van der Waals surface area contributed by atoms with Gasteiger partial charge in [-0.05, 0) is 13.3 Å². The predicted octanol–water partition coefficient (Wildman–Crippen LogP) is 2.13. The van der Waals surface area contributed by atoms with Crippen LogP contribution in [0.2, 0.25) is 0 Å². The Morgan fingerprint density at radius 3 is 2.68 bits per heavy atom. The van der Waals surface area contributed by atoms with Crippen LogP contribution in [0.15, 0.2) is 6.07 Å². The molecule has 0 aliphatic carbocycles. The second-order valence-electron chi connectivity index (χ2n) is 4.19. The zero-order valence-corrected chi connectivity index (χ0v) is 10.4. The first-order valence-electron chi connectivity index (χ1n) is 6.03. The molecular formula is C11H15F3N4O. The van der Waals surface area contributed by atoms with Crippen LogP contribution < -0.4 is 10.6 Å². The van der Waals surface area contributed by atoms with Gasteiger partial charge in [-0.25, -0.2) is 9.97 Å². The van der Waals surface area contributed by atoms with Crippen molar-refractivity contribution in [3.05, 3.63) is 11.9 Å². The Morgan fingerprint density at radius 1 is 1.37 bits per heavy atom. The number of hydrogen-bond acceptors (Lipinski definition) is 5.